The molecular weight excluding hydrogens is 381 g/mol. The number of benzene rings is 2. The average Bonchev–Trinajstić information content (AvgIpc) is 2.72. The molecule has 1 saturated heterocycles. The highest BCUT2D eigenvalue weighted by molar-refractivity contribution is 7.89. The molecule has 1 amide bonds. The summed E-state index contributed by atoms with van der Waals surface area (Å²) in [5.41, 5.74) is 1.28. The molecule has 1 aliphatic heterocycles. The Morgan fingerprint density at radius 2 is 1.75 bits per heavy atom. The highest BCUT2D eigenvalue weighted by atomic mass is 32.2. The summed E-state index contributed by atoms with van der Waals surface area (Å²) in [6.45, 7) is 4.53. The van der Waals surface area contributed by atoms with Gasteiger partial charge >= 0.3 is 0 Å². The van der Waals surface area contributed by atoms with Gasteiger partial charge in [-0.3, -0.25) is 4.79 Å². The Labute approximate surface area is 165 Å². The summed E-state index contributed by atoms with van der Waals surface area (Å²) in [7, 11) is -3.62. The van der Waals surface area contributed by atoms with Gasteiger partial charge in [0, 0.05) is 44.0 Å². The topological polar surface area (TPSA) is 69.7 Å². The molecule has 3 rings (SSSR count). The second-order valence-corrected chi connectivity index (χ2v) is 8.45. The van der Waals surface area contributed by atoms with Crippen LogP contribution in [0.4, 0.5) is 10.1 Å². The Kier molecular flexibility index (Phi) is 6.31. The first-order valence-corrected chi connectivity index (χ1v) is 10.8. The van der Waals surface area contributed by atoms with Crippen molar-refractivity contribution in [3.05, 3.63) is 59.9 Å². The van der Waals surface area contributed by atoms with E-state index in [-0.39, 0.29) is 16.6 Å². The third kappa shape index (κ3) is 4.69. The molecule has 8 heteroatoms. The number of piperazine rings is 1. The van der Waals surface area contributed by atoms with Gasteiger partial charge in [-0.05, 0) is 48.9 Å². The highest BCUT2D eigenvalue weighted by Crippen LogP contribution is 2.19. The van der Waals surface area contributed by atoms with Crippen molar-refractivity contribution in [1.29, 1.82) is 0 Å². The van der Waals surface area contributed by atoms with E-state index in [0.717, 1.165) is 5.69 Å². The van der Waals surface area contributed by atoms with E-state index < -0.39 is 10.0 Å². The van der Waals surface area contributed by atoms with Crippen LogP contribution in [0.2, 0.25) is 0 Å². The number of amides is 1. The number of sulfonamides is 1. The van der Waals surface area contributed by atoms with Crippen molar-refractivity contribution >= 4 is 21.6 Å². The zero-order valence-electron chi connectivity index (χ0n) is 15.8. The fourth-order valence-corrected chi connectivity index (χ4v) is 4.30. The molecule has 2 aromatic rings. The number of hydrogen-bond acceptors (Lipinski definition) is 4. The Morgan fingerprint density at radius 1 is 1.07 bits per heavy atom. The molecule has 28 heavy (non-hydrogen) atoms. The van der Waals surface area contributed by atoms with E-state index in [0.29, 0.717) is 44.7 Å². The Morgan fingerprint density at radius 3 is 2.39 bits per heavy atom. The first kappa shape index (κ1) is 20.3. The van der Waals surface area contributed by atoms with Crippen molar-refractivity contribution in [2.45, 2.75) is 18.2 Å². The van der Waals surface area contributed by atoms with E-state index in [1.165, 1.54) is 24.3 Å². The Hall–Kier alpha value is -2.45. The molecule has 0 unspecified atom stereocenters. The molecule has 6 nitrogen and oxygen atoms in total. The highest BCUT2D eigenvalue weighted by Gasteiger charge is 2.23. The number of nitrogens with zero attached hydrogens (tertiary/aromatic N) is 2. The maximum Gasteiger partial charge on any atom is 0.254 e. The number of halogens is 1. The molecule has 0 bridgehead atoms. The lowest BCUT2D eigenvalue weighted by Crippen LogP contribution is -2.48. The molecule has 2 aromatic carbocycles. The van der Waals surface area contributed by atoms with Crippen molar-refractivity contribution in [2.24, 2.45) is 0 Å². The van der Waals surface area contributed by atoms with Crippen molar-refractivity contribution in [3.63, 3.8) is 0 Å². The standard InChI is InChI=1S/C20H24FN3O3S/c1-2-10-22-28(26,27)19-5-3-4-16(15-19)20(25)24-13-11-23(12-14-24)18-8-6-17(21)7-9-18/h3-9,15,22H,2,10-14H2,1H3. The van der Waals surface area contributed by atoms with Gasteiger partial charge in [0.2, 0.25) is 10.0 Å². The molecule has 0 atom stereocenters. The minimum absolute atomic E-state index is 0.0942. The predicted molar refractivity (Wildman–Crippen MR) is 106 cm³/mol. The maximum absolute atomic E-state index is 13.1. The summed E-state index contributed by atoms with van der Waals surface area (Å²) < 4.78 is 40.2. The van der Waals surface area contributed by atoms with Gasteiger partial charge in [-0.15, -0.1) is 0 Å². The third-order valence-corrected chi connectivity index (χ3v) is 6.15. The van der Waals surface area contributed by atoms with Crippen LogP contribution < -0.4 is 9.62 Å². The average molecular weight is 405 g/mol. The second kappa shape index (κ2) is 8.70. The molecule has 1 fully saturated rings. The molecule has 1 N–H and O–H groups in total. The van der Waals surface area contributed by atoms with Crippen LogP contribution in [0.5, 0.6) is 0 Å². The lowest BCUT2D eigenvalue weighted by molar-refractivity contribution is 0.0746. The van der Waals surface area contributed by atoms with Crippen LogP contribution in [0.3, 0.4) is 0 Å². The van der Waals surface area contributed by atoms with Crippen LogP contribution in [-0.4, -0.2) is 51.9 Å². The van der Waals surface area contributed by atoms with Crippen molar-refractivity contribution in [1.82, 2.24) is 9.62 Å². The van der Waals surface area contributed by atoms with Crippen molar-refractivity contribution in [2.75, 3.05) is 37.6 Å². The van der Waals surface area contributed by atoms with Crippen LogP contribution in [0.25, 0.3) is 0 Å². The summed E-state index contributed by atoms with van der Waals surface area (Å²) in [5.74, 6) is -0.466. The summed E-state index contributed by atoms with van der Waals surface area (Å²) in [6.07, 6.45) is 0.691. The van der Waals surface area contributed by atoms with Gasteiger partial charge in [0.25, 0.3) is 5.91 Å². The van der Waals surface area contributed by atoms with Crippen molar-refractivity contribution < 1.29 is 17.6 Å². The van der Waals surface area contributed by atoms with Crippen LogP contribution in [0.15, 0.2) is 53.4 Å². The van der Waals surface area contributed by atoms with E-state index in [4.69, 9.17) is 0 Å². The van der Waals surface area contributed by atoms with Gasteiger partial charge in [0.05, 0.1) is 4.90 Å². The predicted octanol–water partition coefficient (Wildman–Crippen LogP) is 2.48. The van der Waals surface area contributed by atoms with Crippen LogP contribution >= 0.6 is 0 Å². The van der Waals surface area contributed by atoms with E-state index >= 15 is 0 Å². The molecule has 0 aromatic heterocycles. The molecule has 0 radical (unpaired) electrons. The number of anilines is 1. The largest absolute Gasteiger partial charge is 0.368 e. The second-order valence-electron chi connectivity index (χ2n) is 6.68. The summed E-state index contributed by atoms with van der Waals surface area (Å²) in [5, 5.41) is 0. The molecule has 0 aliphatic carbocycles. The minimum Gasteiger partial charge on any atom is -0.368 e. The van der Waals surface area contributed by atoms with E-state index in [1.807, 2.05) is 6.92 Å². The van der Waals surface area contributed by atoms with E-state index in [2.05, 4.69) is 9.62 Å². The molecule has 0 saturated carbocycles. The van der Waals surface area contributed by atoms with Crippen LogP contribution in [0.1, 0.15) is 23.7 Å². The maximum atomic E-state index is 13.1. The number of nitrogens with one attached hydrogen (secondary N) is 1. The summed E-state index contributed by atoms with van der Waals surface area (Å²) in [4.78, 5) is 16.7. The monoisotopic (exact) mass is 405 g/mol. The quantitative estimate of drug-likeness (QED) is 0.802. The minimum atomic E-state index is -3.62. The van der Waals surface area contributed by atoms with Crippen LogP contribution in [0, 0.1) is 5.82 Å². The lowest BCUT2D eigenvalue weighted by atomic mass is 10.1. The normalized spacial score (nSPS) is 14.9. The third-order valence-electron chi connectivity index (χ3n) is 4.69. The SMILES string of the molecule is CCCNS(=O)(=O)c1cccc(C(=O)N2CCN(c3ccc(F)cc3)CC2)c1. The van der Waals surface area contributed by atoms with Gasteiger partial charge in [0.1, 0.15) is 5.82 Å². The van der Waals surface area contributed by atoms with Crippen molar-refractivity contribution in [3.8, 4) is 0 Å². The van der Waals surface area contributed by atoms with E-state index in [1.54, 1.807) is 29.2 Å². The zero-order valence-corrected chi connectivity index (χ0v) is 16.6. The van der Waals surface area contributed by atoms with Gasteiger partial charge in [-0.1, -0.05) is 13.0 Å². The Balaban J connectivity index is 1.67. The number of hydrogen-bond donors (Lipinski definition) is 1. The first-order chi connectivity index (χ1) is 13.4. The van der Waals surface area contributed by atoms with Gasteiger partial charge < -0.3 is 9.80 Å². The van der Waals surface area contributed by atoms with Gasteiger partial charge in [0.15, 0.2) is 0 Å². The molecule has 1 aliphatic rings. The zero-order chi connectivity index (χ0) is 20.1. The Bertz CT molecular complexity index is 924. The van der Waals surface area contributed by atoms with Crippen LogP contribution in [-0.2, 0) is 10.0 Å². The number of carbonyl (C=O) groups excluding carboxylic acids is 1. The molecule has 0 spiro atoms. The van der Waals surface area contributed by atoms with E-state index in [9.17, 15) is 17.6 Å². The lowest BCUT2D eigenvalue weighted by Gasteiger charge is -2.36. The first-order valence-electron chi connectivity index (χ1n) is 9.30. The smallest absolute Gasteiger partial charge is 0.254 e. The number of carbonyl (C=O) groups is 1. The summed E-state index contributed by atoms with van der Waals surface area (Å²) in [6, 6.07) is 12.4. The molecule has 150 valence electrons. The molecule has 1 heterocycles. The summed E-state index contributed by atoms with van der Waals surface area (Å²) >= 11 is 0. The number of rotatable bonds is 6. The fourth-order valence-electron chi connectivity index (χ4n) is 3.12. The molecular formula is C20H24FN3O3S. The van der Waals surface area contributed by atoms with Gasteiger partial charge in [-0.25, -0.2) is 17.5 Å². The fraction of sp³-hybridized carbons (Fsp3) is 0.350. The van der Waals surface area contributed by atoms with Gasteiger partial charge in [-0.2, -0.15) is 0 Å².